The van der Waals surface area contributed by atoms with Gasteiger partial charge in [0.05, 0.1) is 5.54 Å². The summed E-state index contributed by atoms with van der Waals surface area (Å²) in [7, 11) is 2.06. The standard InChI is InChI=1S/C27H30N6O2/c1-5-22(34)33-14-13-19(15-33)27(3)24(23-25(28)29-16-30-26(23)32(27)4)18-9-11-20(12-10-18)35-21-8-6-7-17(2)31-21/h5-12,16,19,24H,1,13-15H2,2-4H3,(H2,28,29,30)/t19-,24?,27?/m1/s1. The number of carbonyl (C=O) groups is 1. The van der Waals surface area contributed by atoms with E-state index in [1.807, 2.05) is 42.2 Å². The molecule has 8 heteroatoms. The number of likely N-dealkylation sites (N-methyl/N-ethyl adjacent to an activating group) is 1. The Kier molecular flexibility index (Phi) is 5.67. The van der Waals surface area contributed by atoms with Crippen LogP contribution in [0.5, 0.6) is 11.6 Å². The normalized spacial score (nSPS) is 23.3. The van der Waals surface area contributed by atoms with Gasteiger partial charge in [-0.25, -0.2) is 15.0 Å². The number of hydrogen-bond acceptors (Lipinski definition) is 7. The molecule has 0 radical (unpaired) electrons. The summed E-state index contributed by atoms with van der Waals surface area (Å²) in [5.41, 5.74) is 9.00. The molecule has 5 rings (SSSR count). The van der Waals surface area contributed by atoms with Crippen molar-refractivity contribution in [1.82, 2.24) is 19.9 Å². The Morgan fingerprint density at radius 3 is 2.71 bits per heavy atom. The minimum atomic E-state index is -0.358. The van der Waals surface area contributed by atoms with Crippen molar-refractivity contribution in [2.24, 2.45) is 5.92 Å². The van der Waals surface area contributed by atoms with E-state index in [0.717, 1.165) is 29.1 Å². The number of ether oxygens (including phenoxy) is 1. The number of rotatable bonds is 5. The van der Waals surface area contributed by atoms with Crippen LogP contribution in [0.3, 0.4) is 0 Å². The van der Waals surface area contributed by atoms with E-state index in [9.17, 15) is 4.79 Å². The quantitative estimate of drug-likeness (QED) is 0.564. The summed E-state index contributed by atoms with van der Waals surface area (Å²) in [6, 6.07) is 13.8. The second kappa shape index (κ2) is 8.69. The summed E-state index contributed by atoms with van der Waals surface area (Å²) in [5, 5.41) is 0. The molecule has 35 heavy (non-hydrogen) atoms. The molecular formula is C27H30N6O2. The van der Waals surface area contributed by atoms with Crippen LogP contribution in [0.1, 0.15) is 36.1 Å². The van der Waals surface area contributed by atoms with Crippen molar-refractivity contribution >= 4 is 17.5 Å². The first-order chi connectivity index (χ1) is 16.8. The number of aryl methyl sites for hydroxylation is 1. The topological polar surface area (TPSA) is 97.5 Å². The number of aromatic nitrogens is 3. The minimum Gasteiger partial charge on any atom is -0.439 e. The largest absolute Gasteiger partial charge is 0.439 e. The van der Waals surface area contributed by atoms with Gasteiger partial charge in [0.2, 0.25) is 11.8 Å². The van der Waals surface area contributed by atoms with Gasteiger partial charge in [-0.1, -0.05) is 24.8 Å². The Bertz CT molecular complexity index is 1280. The predicted molar refractivity (Wildman–Crippen MR) is 135 cm³/mol. The number of fused-ring (bicyclic) bond motifs is 1. The lowest BCUT2D eigenvalue weighted by atomic mass is 9.71. The van der Waals surface area contributed by atoms with Crippen molar-refractivity contribution in [2.45, 2.75) is 31.7 Å². The molecule has 0 saturated carbocycles. The zero-order chi connectivity index (χ0) is 24.7. The van der Waals surface area contributed by atoms with Crippen LogP contribution < -0.4 is 15.4 Å². The fourth-order valence-electron chi connectivity index (χ4n) is 5.66. The van der Waals surface area contributed by atoms with Crippen LogP contribution in [0.15, 0.2) is 61.4 Å². The maximum Gasteiger partial charge on any atom is 0.245 e. The van der Waals surface area contributed by atoms with E-state index in [1.54, 1.807) is 0 Å². The molecule has 3 atom stereocenters. The van der Waals surface area contributed by atoms with E-state index in [2.05, 4.69) is 52.5 Å². The monoisotopic (exact) mass is 470 g/mol. The maximum absolute atomic E-state index is 12.3. The predicted octanol–water partition coefficient (Wildman–Crippen LogP) is 3.93. The van der Waals surface area contributed by atoms with Gasteiger partial charge in [-0.05, 0) is 50.1 Å². The van der Waals surface area contributed by atoms with Gasteiger partial charge < -0.3 is 20.3 Å². The smallest absolute Gasteiger partial charge is 0.245 e. The zero-order valence-electron chi connectivity index (χ0n) is 20.3. The molecule has 0 spiro atoms. The van der Waals surface area contributed by atoms with Crippen LogP contribution in [0.25, 0.3) is 0 Å². The first kappa shape index (κ1) is 22.8. The van der Waals surface area contributed by atoms with Gasteiger partial charge in [-0.3, -0.25) is 4.79 Å². The number of nitrogens with zero attached hydrogens (tertiary/aromatic N) is 5. The third-order valence-electron chi connectivity index (χ3n) is 7.61. The summed E-state index contributed by atoms with van der Waals surface area (Å²) in [4.78, 5) is 29.8. The van der Waals surface area contributed by atoms with Gasteiger partial charge in [0.25, 0.3) is 0 Å². The first-order valence-electron chi connectivity index (χ1n) is 11.8. The van der Waals surface area contributed by atoms with Crippen molar-refractivity contribution in [1.29, 1.82) is 0 Å². The molecule has 1 aromatic carbocycles. The second-order valence-corrected chi connectivity index (χ2v) is 9.48. The SMILES string of the molecule is C=CC(=O)N1CC[C@@H](C2(C)C(c3ccc(Oc4cccc(C)n4)cc3)c3c(N)ncnc3N2C)C1. The fourth-order valence-corrected chi connectivity index (χ4v) is 5.66. The van der Waals surface area contributed by atoms with Gasteiger partial charge in [0.15, 0.2) is 0 Å². The summed E-state index contributed by atoms with van der Waals surface area (Å²) in [6.45, 7) is 9.20. The summed E-state index contributed by atoms with van der Waals surface area (Å²) >= 11 is 0. The Hall–Kier alpha value is -3.94. The van der Waals surface area contributed by atoms with Crippen molar-refractivity contribution < 1.29 is 9.53 Å². The van der Waals surface area contributed by atoms with Crippen LogP contribution in [0, 0.1) is 12.8 Å². The average Bonchev–Trinajstić information content (AvgIpc) is 3.44. The summed E-state index contributed by atoms with van der Waals surface area (Å²) in [5.74, 6) is 2.70. The van der Waals surface area contributed by atoms with Crippen molar-refractivity contribution in [3.05, 3.63) is 78.3 Å². The fraction of sp³-hybridized carbons (Fsp3) is 0.333. The van der Waals surface area contributed by atoms with E-state index >= 15 is 0 Å². The van der Waals surface area contributed by atoms with Crippen molar-refractivity contribution in [3.63, 3.8) is 0 Å². The average molecular weight is 471 g/mol. The lowest BCUT2D eigenvalue weighted by molar-refractivity contribution is -0.125. The molecule has 1 saturated heterocycles. The van der Waals surface area contributed by atoms with Crippen molar-refractivity contribution in [2.75, 3.05) is 30.8 Å². The molecule has 0 aliphatic carbocycles. The van der Waals surface area contributed by atoms with Crippen LogP contribution in [-0.2, 0) is 4.79 Å². The van der Waals surface area contributed by atoms with E-state index in [-0.39, 0.29) is 23.3 Å². The van der Waals surface area contributed by atoms with Crippen molar-refractivity contribution in [3.8, 4) is 11.6 Å². The lowest BCUT2D eigenvalue weighted by Gasteiger charge is -2.43. The zero-order valence-corrected chi connectivity index (χ0v) is 20.3. The number of anilines is 2. The van der Waals surface area contributed by atoms with Crippen LogP contribution in [0.2, 0.25) is 0 Å². The molecule has 2 aliphatic rings. The third-order valence-corrected chi connectivity index (χ3v) is 7.61. The van der Waals surface area contributed by atoms with E-state index in [4.69, 9.17) is 10.5 Å². The lowest BCUT2D eigenvalue weighted by Crippen LogP contribution is -2.51. The van der Waals surface area contributed by atoms with Gasteiger partial charge >= 0.3 is 0 Å². The van der Waals surface area contributed by atoms with Crippen LogP contribution in [-0.4, -0.2) is 51.4 Å². The highest BCUT2D eigenvalue weighted by Gasteiger charge is 2.55. The van der Waals surface area contributed by atoms with Gasteiger partial charge in [-0.15, -0.1) is 0 Å². The molecule has 8 nitrogen and oxygen atoms in total. The third kappa shape index (κ3) is 3.79. The Morgan fingerprint density at radius 1 is 1.23 bits per heavy atom. The van der Waals surface area contributed by atoms with E-state index < -0.39 is 0 Å². The van der Waals surface area contributed by atoms with Crippen LogP contribution >= 0.6 is 0 Å². The minimum absolute atomic E-state index is 0.0311. The molecule has 2 aromatic heterocycles. The number of nitrogen functional groups attached to an aromatic ring is 1. The molecule has 3 aromatic rings. The number of hydrogen-bond donors (Lipinski definition) is 1. The summed E-state index contributed by atoms with van der Waals surface area (Å²) < 4.78 is 5.97. The number of carbonyl (C=O) groups excluding carboxylic acids is 1. The molecule has 1 fully saturated rings. The highest BCUT2D eigenvalue weighted by atomic mass is 16.5. The highest BCUT2D eigenvalue weighted by molar-refractivity contribution is 5.87. The number of pyridine rings is 1. The molecule has 0 bridgehead atoms. The highest BCUT2D eigenvalue weighted by Crippen LogP contribution is 2.55. The van der Waals surface area contributed by atoms with E-state index in [0.29, 0.717) is 30.5 Å². The second-order valence-electron chi connectivity index (χ2n) is 9.48. The maximum atomic E-state index is 12.3. The molecule has 2 N–H and O–H groups in total. The molecular weight excluding hydrogens is 440 g/mol. The first-order valence-corrected chi connectivity index (χ1v) is 11.8. The van der Waals surface area contributed by atoms with E-state index in [1.165, 1.54) is 12.4 Å². The number of nitrogens with two attached hydrogens (primary N) is 1. The molecule has 180 valence electrons. The number of amides is 1. The Labute approximate surface area is 205 Å². The summed E-state index contributed by atoms with van der Waals surface area (Å²) in [6.07, 6.45) is 3.79. The Balaban J connectivity index is 1.52. The molecule has 2 unspecified atom stereocenters. The van der Waals surface area contributed by atoms with Gasteiger partial charge in [-0.2, -0.15) is 0 Å². The van der Waals surface area contributed by atoms with Gasteiger partial charge in [0, 0.05) is 49.3 Å². The molecule has 2 aliphatic heterocycles. The Morgan fingerprint density at radius 2 is 2.00 bits per heavy atom. The number of likely N-dealkylation sites (tertiary alicyclic amines) is 1. The number of benzene rings is 1. The van der Waals surface area contributed by atoms with Gasteiger partial charge in [0.1, 0.15) is 23.7 Å². The van der Waals surface area contributed by atoms with Crippen LogP contribution in [0.4, 0.5) is 11.6 Å². The molecule has 4 heterocycles. The molecule has 1 amide bonds.